The van der Waals surface area contributed by atoms with Crippen LogP contribution in [0.25, 0.3) is 11.1 Å². The van der Waals surface area contributed by atoms with Crippen LogP contribution >= 0.6 is 0 Å². The zero-order valence-corrected chi connectivity index (χ0v) is 13.5. The number of benzene rings is 2. The van der Waals surface area contributed by atoms with Gasteiger partial charge in [0.15, 0.2) is 5.58 Å². The first-order valence-corrected chi connectivity index (χ1v) is 8.22. The first-order chi connectivity index (χ1) is 11.7. The second-order valence-electron chi connectivity index (χ2n) is 6.24. The summed E-state index contributed by atoms with van der Waals surface area (Å²) in [6.45, 7) is 2.05. The number of fused-ring (bicyclic) bond motifs is 1. The van der Waals surface area contributed by atoms with Gasteiger partial charge in [-0.15, -0.1) is 0 Å². The molecule has 1 amide bonds. The Bertz CT molecular complexity index is 833. The highest BCUT2D eigenvalue weighted by atomic mass is 16.4. The van der Waals surface area contributed by atoms with Gasteiger partial charge in [0.1, 0.15) is 5.52 Å². The summed E-state index contributed by atoms with van der Waals surface area (Å²) in [6, 6.07) is 16.1. The van der Waals surface area contributed by atoms with E-state index in [1.165, 1.54) is 0 Å². The molecule has 0 spiro atoms. The van der Waals surface area contributed by atoms with Crippen LogP contribution in [-0.4, -0.2) is 10.9 Å². The van der Waals surface area contributed by atoms with Gasteiger partial charge in [-0.1, -0.05) is 24.3 Å². The van der Waals surface area contributed by atoms with E-state index in [4.69, 9.17) is 4.42 Å². The van der Waals surface area contributed by atoms with Crippen LogP contribution in [0.1, 0.15) is 31.4 Å². The van der Waals surface area contributed by atoms with Gasteiger partial charge in [-0.05, 0) is 49.6 Å². The molecule has 5 nitrogen and oxygen atoms in total. The Kier molecular flexibility index (Phi) is 3.69. The molecule has 0 aliphatic heterocycles. The molecule has 0 unspecified atom stereocenters. The Hall–Kier alpha value is -2.82. The Morgan fingerprint density at radius 2 is 1.92 bits per heavy atom. The van der Waals surface area contributed by atoms with Gasteiger partial charge in [-0.3, -0.25) is 4.79 Å². The van der Waals surface area contributed by atoms with Crippen molar-refractivity contribution in [3.63, 3.8) is 0 Å². The predicted molar refractivity (Wildman–Crippen MR) is 93.8 cm³/mol. The van der Waals surface area contributed by atoms with Crippen LogP contribution in [0.5, 0.6) is 0 Å². The van der Waals surface area contributed by atoms with Gasteiger partial charge in [-0.25, -0.2) is 0 Å². The molecule has 1 fully saturated rings. The minimum Gasteiger partial charge on any atom is -0.424 e. The number of aromatic nitrogens is 1. The summed E-state index contributed by atoms with van der Waals surface area (Å²) in [4.78, 5) is 16.2. The Labute approximate surface area is 140 Å². The van der Waals surface area contributed by atoms with Crippen LogP contribution < -0.4 is 10.6 Å². The first kappa shape index (κ1) is 14.8. The highest BCUT2D eigenvalue weighted by Gasteiger charge is 2.29. The van der Waals surface area contributed by atoms with Gasteiger partial charge in [0.25, 0.3) is 6.01 Å². The molecule has 122 valence electrons. The molecule has 1 atom stereocenters. The third-order valence-electron chi connectivity index (χ3n) is 4.26. The minimum atomic E-state index is 0.0474. The largest absolute Gasteiger partial charge is 0.424 e. The predicted octanol–water partition coefficient (Wildman–Crippen LogP) is 4.35. The van der Waals surface area contributed by atoms with E-state index < -0.39 is 0 Å². The maximum Gasteiger partial charge on any atom is 0.296 e. The zero-order chi connectivity index (χ0) is 16.5. The van der Waals surface area contributed by atoms with Crippen LogP contribution in [0.3, 0.4) is 0 Å². The molecule has 1 aromatic heterocycles. The van der Waals surface area contributed by atoms with Gasteiger partial charge in [0.05, 0.1) is 6.04 Å². The van der Waals surface area contributed by atoms with Gasteiger partial charge < -0.3 is 15.1 Å². The van der Waals surface area contributed by atoms with Crippen molar-refractivity contribution in [2.24, 2.45) is 5.92 Å². The molecule has 4 rings (SSSR count). The minimum absolute atomic E-state index is 0.0474. The molecule has 1 aliphatic carbocycles. The average Bonchev–Trinajstić information content (AvgIpc) is 3.36. The maximum absolute atomic E-state index is 11.8. The second kappa shape index (κ2) is 6.00. The zero-order valence-electron chi connectivity index (χ0n) is 13.5. The molecule has 1 heterocycles. The van der Waals surface area contributed by atoms with Crippen LogP contribution in [-0.2, 0) is 4.79 Å². The first-order valence-electron chi connectivity index (χ1n) is 8.22. The van der Waals surface area contributed by atoms with E-state index in [0.29, 0.717) is 6.01 Å². The fourth-order valence-electron chi connectivity index (χ4n) is 2.65. The topological polar surface area (TPSA) is 67.2 Å². The Morgan fingerprint density at radius 1 is 1.17 bits per heavy atom. The molecule has 0 radical (unpaired) electrons. The van der Waals surface area contributed by atoms with Crippen molar-refractivity contribution in [1.29, 1.82) is 0 Å². The van der Waals surface area contributed by atoms with Gasteiger partial charge in [0.2, 0.25) is 5.91 Å². The van der Waals surface area contributed by atoms with Crippen molar-refractivity contribution in [2.75, 3.05) is 10.6 Å². The number of nitrogens with one attached hydrogen (secondary N) is 2. The molecule has 0 bridgehead atoms. The Balaban J connectivity index is 1.43. The van der Waals surface area contributed by atoms with E-state index in [1.807, 2.05) is 55.5 Å². The molecular weight excluding hydrogens is 302 g/mol. The fraction of sp³-hybridized carbons (Fsp3) is 0.263. The maximum atomic E-state index is 11.8. The number of rotatable bonds is 5. The normalized spacial score (nSPS) is 15.2. The lowest BCUT2D eigenvalue weighted by Crippen LogP contribution is -2.13. The third-order valence-corrected chi connectivity index (χ3v) is 4.26. The molecule has 1 aliphatic rings. The van der Waals surface area contributed by atoms with Crippen LogP contribution in [0, 0.1) is 5.92 Å². The number of para-hydroxylation sites is 2. The van der Waals surface area contributed by atoms with Crippen LogP contribution in [0.15, 0.2) is 52.9 Å². The molecular formula is C19H19N3O2. The highest BCUT2D eigenvalue weighted by Crippen LogP contribution is 2.30. The van der Waals surface area contributed by atoms with E-state index in [-0.39, 0.29) is 17.9 Å². The van der Waals surface area contributed by atoms with E-state index in [0.717, 1.165) is 35.2 Å². The second-order valence-corrected chi connectivity index (χ2v) is 6.24. The van der Waals surface area contributed by atoms with Gasteiger partial charge >= 0.3 is 0 Å². The lowest BCUT2D eigenvalue weighted by Gasteiger charge is -2.13. The summed E-state index contributed by atoms with van der Waals surface area (Å²) >= 11 is 0. The standard InChI is InChI=1S/C19H19N3O2/c1-12(20-19-22-16-4-2-3-5-17(16)24-19)13-8-10-15(11-9-13)21-18(23)14-6-7-14/h2-5,8-12,14H,6-7H2,1H3,(H,20,22)(H,21,23)/t12-/m1/s1. The molecule has 24 heavy (non-hydrogen) atoms. The van der Waals surface area contributed by atoms with E-state index >= 15 is 0 Å². The number of nitrogens with zero attached hydrogens (tertiary/aromatic N) is 1. The summed E-state index contributed by atoms with van der Waals surface area (Å²) in [7, 11) is 0. The summed E-state index contributed by atoms with van der Waals surface area (Å²) in [5.41, 5.74) is 3.54. The lowest BCUT2D eigenvalue weighted by atomic mass is 10.1. The molecule has 3 aromatic rings. The van der Waals surface area contributed by atoms with Gasteiger partial charge in [0, 0.05) is 11.6 Å². The number of hydrogen-bond acceptors (Lipinski definition) is 4. The number of carbonyl (C=O) groups is 1. The SMILES string of the molecule is C[C@@H](Nc1nc2ccccc2o1)c1ccc(NC(=O)C2CC2)cc1. The number of carbonyl (C=O) groups excluding carboxylic acids is 1. The average molecular weight is 321 g/mol. The van der Waals surface area contributed by atoms with Crippen LogP contribution in [0.4, 0.5) is 11.7 Å². The van der Waals surface area contributed by atoms with Gasteiger partial charge in [-0.2, -0.15) is 4.98 Å². The number of amides is 1. The van der Waals surface area contributed by atoms with Crippen molar-refractivity contribution in [3.8, 4) is 0 Å². The summed E-state index contributed by atoms with van der Waals surface area (Å²) in [5, 5.41) is 6.22. The quantitative estimate of drug-likeness (QED) is 0.733. The van der Waals surface area contributed by atoms with Crippen molar-refractivity contribution < 1.29 is 9.21 Å². The Morgan fingerprint density at radius 3 is 2.62 bits per heavy atom. The van der Waals surface area contributed by atoms with Crippen LogP contribution in [0.2, 0.25) is 0 Å². The van der Waals surface area contributed by atoms with E-state index in [1.54, 1.807) is 0 Å². The molecule has 0 saturated heterocycles. The monoisotopic (exact) mass is 321 g/mol. The number of anilines is 2. The fourth-order valence-corrected chi connectivity index (χ4v) is 2.65. The number of oxazole rings is 1. The molecule has 1 saturated carbocycles. The van der Waals surface area contributed by atoms with E-state index in [2.05, 4.69) is 15.6 Å². The van der Waals surface area contributed by atoms with Crippen molar-refractivity contribution >= 4 is 28.7 Å². The summed E-state index contributed by atoms with van der Waals surface area (Å²) in [5.74, 6) is 0.338. The number of hydrogen-bond donors (Lipinski definition) is 2. The molecule has 2 N–H and O–H groups in total. The molecule has 2 aromatic carbocycles. The smallest absolute Gasteiger partial charge is 0.296 e. The van der Waals surface area contributed by atoms with Crippen molar-refractivity contribution in [1.82, 2.24) is 4.98 Å². The lowest BCUT2D eigenvalue weighted by molar-refractivity contribution is -0.117. The molecule has 5 heteroatoms. The van der Waals surface area contributed by atoms with E-state index in [9.17, 15) is 4.79 Å². The highest BCUT2D eigenvalue weighted by molar-refractivity contribution is 5.94. The summed E-state index contributed by atoms with van der Waals surface area (Å²) < 4.78 is 5.69. The van der Waals surface area contributed by atoms with Crippen molar-refractivity contribution in [3.05, 3.63) is 54.1 Å². The summed E-state index contributed by atoms with van der Waals surface area (Å²) in [6.07, 6.45) is 2.02. The third kappa shape index (κ3) is 3.11. The van der Waals surface area contributed by atoms with Crippen molar-refractivity contribution in [2.45, 2.75) is 25.8 Å².